The first-order valence-corrected chi connectivity index (χ1v) is 5.78. The van der Waals surface area contributed by atoms with Gasteiger partial charge in [-0.2, -0.15) is 0 Å². The van der Waals surface area contributed by atoms with Gasteiger partial charge in [0.05, 0.1) is 12.3 Å². The highest BCUT2D eigenvalue weighted by Crippen LogP contribution is 2.09. The van der Waals surface area contributed by atoms with Gasteiger partial charge in [0.15, 0.2) is 0 Å². The van der Waals surface area contributed by atoms with Crippen LogP contribution in [0.3, 0.4) is 0 Å². The number of guanidine groups is 1. The van der Waals surface area contributed by atoms with Gasteiger partial charge in [-0.15, -0.1) is 10.2 Å². The zero-order valence-electron chi connectivity index (χ0n) is 9.92. The van der Waals surface area contributed by atoms with Gasteiger partial charge in [-0.3, -0.25) is 15.1 Å². The standard InChI is InChI=1S/C12H13N5O/c1-8-11(18)13-12-15-14-10(7-17(12)16-8)9-5-3-2-4-6-9/h2-6,8,16H,7H2,1H3,(H,13,15,18). The predicted molar refractivity (Wildman–Crippen MR) is 67.9 cm³/mol. The minimum absolute atomic E-state index is 0.0941. The van der Waals surface area contributed by atoms with E-state index in [-0.39, 0.29) is 11.9 Å². The molecule has 2 heterocycles. The van der Waals surface area contributed by atoms with E-state index < -0.39 is 0 Å². The lowest BCUT2D eigenvalue weighted by atomic mass is 10.1. The second-order valence-electron chi connectivity index (χ2n) is 4.26. The maximum absolute atomic E-state index is 11.5. The highest BCUT2D eigenvalue weighted by atomic mass is 16.2. The van der Waals surface area contributed by atoms with E-state index in [4.69, 9.17) is 0 Å². The number of hydrogen-bond donors (Lipinski definition) is 2. The highest BCUT2D eigenvalue weighted by Gasteiger charge is 2.30. The SMILES string of the molecule is CC1NN2CC(c3ccccc3)=NN=C2NC1=O. The number of nitrogens with zero attached hydrogens (tertiary/aromatic N) is 3. The predicted octanol–water partition coefficient (Wildman–Crippen LogP) is 0.0852. The minimum atomic E-state index is -0.265. The first-order chi connectivity index (χ1) is 8.74. The summed E-state index contributed by atoms with van der Waals surface area (Å²) in [5.74, 6) is 0.362. The van der Waals surface area contributed by atoms with Crippen molar-refractivity contribution >= 4 is 17.6 Å². The molecular weight excluding hydrogens is 230 g/mol. The van der Waals surface area contributed by atoms with Crippen molar-refractivity contribution in [2.45, 2.75) is 13.0 Å². The van der Waals surface area contributed by atoms with Crippen LogP contribution in [0.5, 0.6) is 0 Å². The fourth-order valence-electron chi connectivity index (χ4n) is 1.91. The first kappa shape index (κ1) is 10.9. The molecule has 0 spiro atoms. The summed E-state index contributed by atoms with van der Waals surface area (Å²) in [5, 5.41) is 12.7. The van der Waals surface area contributed by atoms with E-state index in [1.54, 1.807) is 11.9 Å². The lowest BCUT2D eigenvalue weighted by Gasteiger charge is -2.35. The van der Waals surface area contributed by atoms with Crippen LogP contribution in [-0.4, -0.2) is 35.2 Å². The average molecular weight is 243 g/mol. The maximum Gasteiger partial charge on any atom is 0.245 e. The molecule has 1 amide bonds. The molecule has 0 aliphatic carbocycles. The molecule has 1 atom stereocenters. The van der Waals surface area contributed by atoms with Gasteiger partial charge < -0.3 is 0 Å². The number of benzene rings is 1. The van der Waals surface area contributed by atoms with Crippen LogP contribution in [0.1, 0.15) is 12.5 Å². The molecule has 0 saturated carbocycles. The number of hydrazine groups is 1. The van der Waals surface area contributed by atoms with Gasteiger partial charge in [0.2, 0.25) is 11.9 Å². The van der Waals surface area contributed by atoms with E-state index in [1.807, 2.05) is 30.3 Å². The van der Waals surface area contributed by atoms with Crippen molar-refractivity contribution in [1.82, 2.24) is 15.8 Å². The third-order valence-corrected chi connectivity index (χ3v) is 2.91. The Morgan fingerprint density at radius 1 is 1.28 bits per heavy atom. The van der Waals surface area contributed by atoms with Gasteiger partial charge in [-0.1, -0.05) is 30.3 Å². The van der Waals surface area contributed by atoms with E-state index in [1.165, 1.54) is 0 Å². The molecule has 1 aromatic carbocycles. The summed E-state index contributed by atoms with van der Waals surface area (Å²) in [4.78, 5) is 11.5. The summed E-state index contributed by atoms with van der Waals surface area (Å²) in [6.07, 6.45) is 0. The summed E-state index contributed by atoms with van der Waals surface area (Å²) < 4.78 is 0. The van der Waals surface area contributed by atoms with Crippen LogP contribution in [0.15, 0.2) is 40.5 Å². The summed E-state index contributed by atoms with van der Waals surface area (Å²) >= 11 is 0. The topological polar surface area (TPSA) is 69.1 Å². The van der Waals surface area contributed by atoms with Crippen LogP contribution in [0.25, 0.3) is 0 Å². The summed E-state index contributed by atoms with van der Waals surface area (Å²) in [6.45, 7) is 2.38. The molecule has 92 valence electrons. The molecule has 0 aromatic heterocycles. The molecule has 0 bridgehead atoms. The van der Waals surface area contributed by atoms with E-state index in [9.17, 15) is 4.79 Å². The van der Waals surface area contributed by atoms with Crippen molar-refractivity contribution in [3.05, 3.63) is 35.9 Å². The third-order valence-electron chi connectivity index (χ3n) is 2.91. The van der Waals surface area contributed by atoms with Crippen molar-refractivity contribution in [3.63, 3.8) is 0 Å². The lowest BCUT2D eigenvalue weighted by Crippen LogP contribution is -2.65. The number of carbonyl (C=O) groups is 1. The number of hydrogen-bond acceptors (Lipinski definition) is 5. The highest BCUT2D eigenvalue weighted by molar-refractivity contribution is 6.08. The normalized spacial score (nSPS) is 22.8. The van der Waals surface area contributed by atoms with Crippen LogP contribution >= 0.6 is 0 Å². The van der Waals surface area contributed by atoms with Crippen molar-refractivity contribution in [2.75, 3.05) is 6.54 Å². The number of rotatable bonds is 1. The molecule has 1 aromatic rings. The Morgan fingerprint density at radius 3 is 2.83 bits per heavy atom. The summed E-state index contributed by atoms with van der Waals surface area (Å²) in [5.41, 5.74) is 4.98. The molecule has 0 radical (unpaired) electrons. The Hall–Kier alpha value is -2.21. The van der Waals surface area contributed by atoms with Crippen LogP contribution in [0.2, 0.25) is 0 Å². The summed E-state index contributed by atoms with van der Waals surface area (Å²) in [7, 11) is 0. The number of amides is 1. The van der Waals surface area contributed by atoms with Crippen LogP contribution < -0.4 is 10.7 Å². The minimum Gasteiger partial charge on any atom is -0.292 e. The monoisotopic (exact) mass is 243 g/mol. The number of fused-ring (bicyclic) bond motifs is 1. The van der Waals surface area contributed by atoms with Crippen molar-refractivity contribution in [3.8, 4) is 0 Å². The third kappa shape index (κ3) is 1.86. The molecule has 2 aliphatic rings. The van der Waals surface area contributed by atoms with E-state index in [0.717, 1.165) is 11.3 Å². The molecule has 1 fully saturated rings. The van der Waals surface area contributed by atoms with Crippen molar-refractivity contribution in [2.24, 2.45) is 10.2 Å². The molecule has 2 aliphatic heterocycles. The van der Waals surface area contributed by atoms with Crippen molar-refractivity contribution in [1.29, 1.82) is 0 Å². The second kappa shape index (κ2) is 4.23. The number of nitrogens with one attached hydrogen (secondary N) is 2. The Kier molecular flexibility index (Phi) is 2.56. The molecule has 2 N–H and O–H groups in total. The quantitative estimate of drug-likeness (QED) is 0.734. The second-order valence-corrected chi connectivity index (χ2v) is 4.26. The smallest absolute Gasteiger partial charge is 0.245 e. The summed E-state index contributed by atoms with van der Waals surface area (Å²) in [6, 6.07) is 9.61. The fourth-order valence-corrected chi connectivity index (χ4v) is 1.91. The van der Waals surface area contributed by atoms with Crippen LogP contribution in [0.4, 0.5) is 0 Å². The lowest BCUT2D eigenvalue weighted by molar-refractivity contribution is -0.123. The Balaban J connectivity index is 1.88. The van der Waals surface area contributed by atoms with E-state index in [2.05, 4.69) is 20.9 Å². The largest absolute Gasteiger partial charge is 0.292 e. The molecular formula is C12H13N5O. The van der Waals surface area contributed by atoms with Gasteiger partial charge in [-0.25, -0.2) is 5.43 Å². The maximum atomic E-state index is 11.5. The van der Waals surface area contributed by atoms with Gasteiger partial charge in [0, 0.05) is 0 Å². The van der Waals surface area contributed by atoms with Gasteiger partial charge in [-0.05, 0) is 12.5 Å². The van der Waals surface area contributed by atoms with Gasteiger partial charge in [0.1, 0.15) is 6.04 Å². The van der Waals surface area contributed by atoms with Gasteiger partial charge >= 0.3 is 0 Å². The molecule has 1 saturated heterocycles. The van der Waals surface area contributed by atoms with Crippen LogP contribution in [-0.2, 0) is 4.79 Å². The zero-order valence-corrected chi connectivity index (χ0v) is 9.92. The Morgan fingerprint density at radius 2 is 2.06 bits per heavy atom. The first-order valence-electron chi connectivity index (χ1n) is 5.78. The van der Waals surface area contributed by atoms with Gasteiger partial charge in [0.25, 0.3) is 0 Å². The fraction of sp³-hybridized carbons (Fsp3) is 0.250. The Bertz CT molecular complexity index is 537. The van der Waals surface area contributed by atoms with Crippen LogP contribution in [0, 0.1) is 0 Å². The molecule has 6 nitrogen and oxygen atoms in total. The van der Waals surface area contributed by atoms with E-state index >= 15 is 0 Å². The molecule has 18 heavy (non-hydrogen) atoms. The molecule has 3 rings (SSSR count). The van der Waals surface area contributed by atoms with E-state index in [0.29, 0.717) is 12.5 Å². The zero-order chi connectivity index (χ0) is 12.5. The molecule has 6 heteroatoms. The molecule has 1 unspecified atom stereocenters. The number of carbonyl (C=O) groups excluding carboxylic acids is 1. The van der Waals surface area contributed by atoms with Crippen molar-refractivity contribution < 1.29 is 4.79 Å². The Labute approximate surface area is 104 Å². The average Bonchev–Trinajstić information content (AvgIpc) is 2.41.